The van der Waals surface area contributed by atoms with Crippen LogP contribution in [0.4, 0.5) is 0 Å². The quantitative estimate of drug-likeness (QED) is 0.638. The molecule has 0 aromatic heterocycles. The fourth-order valence-electron chi connectivity index (χ4n) is 2.05. The van der Waals surface area contributed by atoms with Crippen LogP contribution >= 0.6 is 0 Å². The second-order valence-corrected chi connectivity index (χ2v) is 4.15. The standard InChI is InChI=1S/C9H18N2/c1-7-3-2-4-11(7)6-8-5-9(8)10/h7-9H,2-6,10H2,1H3/t7-,8?,9?/m0/s1. The lowest BCUT2D eigenvalue weighted by Crippen LogP contribution is -2.30. The Morgan fingerprint density at radius 3 is 2.73 bits per heavy atom. The van der Waals surface area contributed by atoms with E-state index in [-0.39, 0.29) is 0 Å². The van der Waals surface area contributed by atoms with E-state index in [2.05, 4.69) is 11.8 Å². The highest BCUT2D eigenvalue weighted by atomic mass is 15.2. The Balaban J connectivity index is 1.77. The second kappa shape index (κ2) is 2.76. The molecule has 2 unspecified atom stereocenters. The van der Waals surface area contributed by atoms with Gasteiger partial charge in [-0.2, -0.15) is 0 Å². The number of nitrogens with two attached hydrogens (primary N) is 1. The van der Waals surface area contributed by atoms with Crippen LogP contribution in [0.15, 0.2) is 0 Å². The monoisotopic (exact) mass is 154 g/mol. The van der Waals surface area contributed by atoms with Crippen molar-refractivity contribution in [2.24, 2.45) is 11.7 Å². The molecule has 0 spiro atoms. The maximum atomic E-state index is 5.76. The molecule has 3 atom stereocenters. The molecule has 0 amide bonds. The number of hydrogen-bond donors (Lipinski definition) is 1. The predicted molar refractivity (Wildman–Crippen MR) is 46.4 cm³/mol. The molecule has 2 nitrogen and oxygen atoms in total. The highest BCUT2D eigenvalue weighted by molar-refractivity contribution is 4.93. The van der Waals surface area contributed by atoms with Gasteiger partial charge in [0.25, 0.3) is 0 Å². The predicted octanol–water partition coefficient (Wildman–Crippen LogP) is 0.818. The van der Waals surface area contributed by atoms with Gasteiger partial charge in [0.2, 0.25) is 0 Å². The SMILES string of the molecule is C[C@H]1CCCN1CC1CC1N. The lowest BCUT2D eigenvalue weighted by atomic mass is 10.2. The minimum Gasteiger partial charge on any atom is -0.327 e. The first-order valence-corrected chi connectivity index (χ1v) is 4.77. The fourth-order valence-corrected chi connectivity index (χ4v) is 2.05. The molecule has 1 aliphatic heterocycles. The third-order valence-corrected chi connectivity index (χ3v) is 3.14. The van der Waals surface area contributed by atoms with Crippen molar-refractivity contribution in [3.63, 3.8) is 0 Å². The van der Waals surface area contributed by atoms with Gasteiger partial charge in [0.1, 0.15) is 0 Å². The van der Waals surface area contributed by atoms with Crippen LogP contribution in [-0.4, -0.2) is 30.1 Å². The summed E-state index contributed by atoms with van der Waals surface area (Å²) in [6.45, 7) is 4.91. The van der Waals surface area contributed by atoms with Gasteiger partial charge in [-0.15, -0.1) is 0 Å². The summed E-state index contributed by atoms with van der Waals surface area (Å²) in [6, 6.07) is 1.35. The van der Waals surface area contributed by atoms with Gasteiger partial charge in [0.15, 0.2) is 0 Å². The molecule has 2 rings (SSSR count). The maximum Gasteiger partial charge on any atom is 0.00836 e. The van der Waals surface area contributed by atoms with E-state index < -0.39 is 0 Å². The lowest BCUT2D eigenvalue weighted by molar-refractivity contribution is 0.256. The second-order valence-electron chi connectivity index (χ2n) is 4.15. The van der Waals surface area contributed by atoms with Crippen molar-refractivity contribution in [2.75, 3.05) is 13.1 Å². The Morgan fingerprint density at radius 1 is 1.55 bits per heavy atom. The normalized spacial score (nSPS) is 44.7. The topological polar surface area (TPSA) is 29.3 Å². The van der Waals surface area contributed by atoms with Crippen LogP contribution < -0.4 is 5.73 Å². The van der Waals surface area contributed by atoms with Crippen molar-refractivity contribution in [1.82, 2.24) is 4.90 Å². The molecule has 1 heterocycles. The lowest BCUT2D eigenvalue weighted by Gasteiger charge is -2.20. The Hall–Kier alpha value is -0.0800. The van der Waals surface area contributed by atoms with Crippen LogP contribution in [0.5, 0.6) is 0 Å². The van der Waals surface area contributed by atoms with Crippen LogP contribution in [0.2, 0.25) is 0 Å². The van der Waals surface area contributed by atoms with E-state index in [1.165, 1.54) is 32.4 Å². The first kappa shape index (κ1) is 7.56. The van der Waals surface area contributed by atoms with Gasteiger partial charge in [0, 0.05) is 18.6 Å². The molecule has 2 aliphatic rings. The molecule has 2 heteroatoms. The molecule has 0 bridgehead atoms. The first-order chi connectivity index (χ1) is 5.27. The van der Waals surface area contributed by atoms with E-state index >= 15 is 0 Å². The minimum atomic E-state index is 0.530. The summed E-state index contributed by atoms with van der Waals surface area (Å²) in [5.41, 5.74) is 5.76. The van der Waals surface area contributed by atoms with E-state index in [4.69, 9.17) is 5.73 Å². The number of nitrogens with zero attached hydrogens (tertiary/aromatic N) is 1. The Bertz CT molecular complexity index is 146. The van der Waals surface area contributed by atoms with Crippen molar-refractivity contribution in [3.05, 3.63) is 0 Å². The summed E-state index contributed by atoms with van der Waals surface area (Å²) in [7, 11) is 0. The summed E-state index contributed by atoms with van der Waals surface area (Å²) in [5.74, 6) is 0.829. The summed E-state index contributed by atoms with van der Waals surface area (Å²) in [6.07, 6.45) is 4.05. The van der Waals surface area contributed by atoms with Gasteiger partial charge in [-0.05, 0) is 38.6 Å². The van der Waals surface area contributed by atoms with Gasteiger partial charge in [0.05, 0.1) is 0 Å². The highest BCUT2D eigenvalue weighted by Crippen LogP contribution is 2.31. The third kappa shape index (κ3) is 1.57. The van der Waals surface area contributed by atoms with Crippen LogP contribution in [0, 0.1) is 5.92 Å². The van der Waals surface area contributed by atoms with Gasteiger partial charge in [-0.25, -0.2) is 0 Å². The zero-order valence-corrected chi connectivity index (χ0v) is 7.29. The molecular weight excluding hydrogens is 136 g/mol. The van der Waals surface area contributed by atoms with Gasteiger partial charge >= 0.3 is 0 Å². The van der Waals surface area contributed by atoms with E-state index in [9.17, 15) is 0 Å². The van der Waals surface area contributed by atoms with Crippen molar-refractivity contribution >= 4 is 0 Å². The minimum absolute atomic E-state index is 0.530. The van der Waals surface area contributed by atoms with E-state index in [1.807, 2.05) is 0 Å². The van der Waals surface area contributed by atoms with Crippen molar-refractivity contribution in [3.8, 4) is 0 Å². The average molecular weight is 154 g/mol. The molecule has 1 saturated carbocycles. The summed E-state index contributed by atoms with van der Waals surface area (Å²) in [5, 5.41) is 0. The van der Waals surface area contributed by atoms with E-state index in [0.717, 1.165) is 12.0 Å². The Morgan fingerprint density at radius 2 is 2.27 bits per heavy atom. The average Bonchev–Trinajstić information content (AvgIpc) is 2.48. The van der Waals surface area contributed by atoms with Crippen LogP contribution in [0.3, 0.4) is 0 Å². The molecule has 2 fully saturated rings. The largest absolute Gasteiger partial charge is 0.327 e. The van der Waals surface area contributed by atoms with Gasteiger partial charge in [-0.3, -0.25) is 0 Å². The van der Waals surface area contributed by atoms with Crippen LogP contribution in [0.25, 0.3) is 0 Å². The molecular formula is C9H18N2. The van der Waals surface area contributed by atoms with E-state index in [0.29, 0.717) is 6.04 Å². The molecule has 0 radical (unpaired) electrons. The molecule has 11 heavy (non-hydrogen) atoms. The van der Waals surface area contributed by atoms with Crippen molar-refractivity contribution < 1.29 is 0 Å². The van der Waals surface area contributed by atoms with Crippen LogP contribution in [0.1, 0.15) is 26.2 Å². The summed E-state index contributed by atoms with van der Waals surface area (Å²) < 4.78 is 0. The number of hydrogen-bond acceptors (Lipinski definition) is 2. The number of likely N-dealkylation sites (tertiary alicyclic amines) is 1. The summed E-state index contributed by atoms with van der Waals surface area (Å²) >= 11 is 0. The number of rotatable bonds is 2. The Kier molecular flexibility index (Phi) is 1.90. The third-order valence-electron chi connectivity index (χ3n) is 3.14. The van der Waals surface area contributed by atoms with Gasteiger partial charge in [-0.1, -0.05) is 0 Å². The first-order valence-electron chi connectivity index (χ1n) is 4.77. The molecule has 1 aliphatic carbocycles. The molecule has 0 aromatic rings. The molecule has 64 valence electrons. The van der Waals surface area contributed by atoms with Crippen LogP contribution in [-0.2, 0) is 0 Å². The molecule has 0 aromatic carbocycles. The molecule has 2 N–H and O–H groups in total. The smallest absolute Gasteiger partial charge is 0.00836 e. The van der Waals surface area contributed by atoms with Crippen molar-refractivity contribution in [1.29, 1.82) is 0 Å². The Labute approximate surface area is 68.7 Å². The highest BCUT2D eigenvalue weighted by Gasteiger charge is 2.36. The molecule has 1 saturated heterocycles. The summed E-state index contributed by atoms with van der Waals surface area (Å²) in [4.78, 5) is 2.59. The fraction of sp³-hybridized carbons (Fsp3) is 1.00. The zero-order valence-electron chi connectivity index (χ0n) is 7.29. The zero-order chi connectivity index (χ0) is 7.84. The van der Waals surface area contributed by atoms with E-state index in [1.54, 1.807) is 0 Å². The van der Waals surface area contributed by atoms with Crippen molar-refractivity contribution in [2.45, 2.75) is 38.3 Å². The van der Waals surface area contributed by atoms with Gasteiger partial charge < -0.3 is 10.6 Å². The maximum absolute atomic E-state index is 5.76.